The normalized spacial score (nSPS) is 11.3. The lowest BCUT2D eigenvalue weighted by Crippen LogP contribution is -2.22. The van der Waals surface area contributed by atoms with Gasteiger partial charge in [0.25, 0.3) is 0 Å². The number of benzene rings is 1. The number of carboxylic acid groups (broad SMARTS) is 1. The Hall–Kier alpha value is -1.07. The Balaban J connectivity index is 2.53. The fourth-order valence-corrected chi connectivity index (χ4v) is 1.68. The highest BCUT2D eigenvalue weighted by molar-refractivity contribution is 9.10. The molecule has 0 bridgehead atoms. The molecular formula is C13H17BrO4. The molecule has 100 valence electrons. The van der Waals surface area contributed by atoms with E-state index in [1.54, 1.807) is 12.1 Å². The van der Waals surface area contributed by atoms with Crippen LogP contribution in [-0.2, 0) is 4.74 Å². The summed E-state index contributed by atoms with van der Waals surface area (Å²) in [6.45, 7) is 6.75. The molecule has 0 amide bonds. The van der Waals surface area contributed by atoms with Gasteiger partial charge in [0.05, 0.1) is 17.8 Å². The smallest absolute Gasteiger partial charge is 0.336 e. The van der Waals surface area contributed by atoms with Crippen LogP contribution in [-0.4, -0.2) is 29.9 Å². The van der Waals surface area contributed by atoms with Gasteiger partial charge in [0, 0.05) is 4.47 Å². The van der Waals surface area contributed by atoms with Crippen LogP contribution in [0.1, 0.15) is 31.1 Å². The van der Waals surface area contributed by atoms with Crippen LogP contribution in [0, 0.1) is 0 Å². The number of carbonyl (C=O) groups is 1. The van der Waals surface area contributed by atoms with E-state index in [4.69, 9.17) is 14.6 Å². The van der Waals surface area contributed by atoms with E-state index in [-0.39, 0.29) is 11.2 Å². The number of halogens is 1. The second kappa shape index (κ2) is 6.20. The molecule has 0 spiro atoms. The van der Waals surface area contributed by atoms with Crippen molar-refractivity contribution in [2.45, 2.75) is 26.4 Å². The van der Waals surface area contributed by atoms with Gasteiger partial charge in [-0.05, 0) is 54.9 Å². The maximum atomic E-state index is 10.9. The van der Waals surface area contributed by atoms with Crippen molar-refractivity contribution < 1.29 is 19.4 Å². The Morgan fingerprint density at radius 3 is 2.56 bits per heavy atom. The monoisotopic (exact) mass is 316 g/mol. The summed E-state index contributed by atoms with van der Waals surface area (Å²) in [7, 11) is 0. The van der Waals surface area contributed by atoms with Gasteiger partial charge in [0.2, 0.25) is 0 Å². The molecule has 0 unspecified atom stereocenters. The van der Waals surface area contributed by atoms with Crippen molar-refractivity contribution in [3.05, 3.63) is 28.2 Å². The average Bonchev–Trinajstić information content (AvgIpc) is 2.24. The van der Waals surface area contributed by atoms with Gasteiger partial charge in [0.1, 0.15) is 12.4 Å². The molecule has 1 aromatic rings. The lowest BCUT2D eigenvalue weighted by molar-refractivity contribution is -0.0163. The van der Waals surface area contributed by atoms with Crippen LogP contribution in [0.15, 0.2) is 22.7 Å². The van der Waals surface area contributed by atoms with E-state index in [0.717, 1.165) is 0 Å². The van der Waals surface area contributed by atoms with E-state index in [9.17, 15) is 4.79 Å². The van der Waals surface area contributed by atoms with Crippen LogP contribution in [0.3, 0.4) is 0 Å². The van der Waals surface area contributed by atoms with Crippen molar-refractivity contribution in [3.8, 4) is 5.75 Å². The highest BCUT2D eigenvalue weighted by Gasteiger charge is 2.11. The SMILES string of the molecule is CC(C)(C)OCCOc1ccc(Br)c(C(=O)O)c1. The van der Waals surface area contributed by atoms with Crippen LogP contribution in [0.5, 0.6) is 5.75 Å². The van der Waals surface area contributed by atoms with Crippen molar-refractivity contribution in [1.29, 1.82) is 0 Å². The highest BCUT2D eigenvalue weighted by Crippen LogP contribution is 2.22. The topological polar surface area (TPSA) is 55.8 Å². The molecule has 1 N–H and O–H groups in total. The fraction of sp³-hybridized carbons (Fsp3) is 0.462. The van der Waals surface area contributed by atoms with Gasteiger partial charge in [0.15, 0.2) is 0 Å². The first-order chi connectivity index (χ1) is 8.29. The van der Waals surface area contributed by atoms with E-state index in [1.165, 1.54) is 6.07 Å². The molecule has 1 aromatic carbocycles. The van der Waals surface area contributed by atoms with E-state index in [1.807, 2.05) is 20.8 Å². The minimum absolute atomic E-state index is 0.184. The molecule has 0 saturated carbocycles. The van der Waals surface area contributed by atoms with E-state index < -0.39 is 5.97 Å². The van der Waals surface area contributed by atoms with Crippen molar-refractivity contribution in [2.24, 2.45) is 0 Å². The largest absolute Gasteiger partial charge is 0.491 e. The zero-order chi connectivity index (χ0) is 13.8. The first kappa shape index (κ1) is 15.0. The Labute approximate surface area is 115 Å². The molecule has 0 aromatic heterocycles. The summed E-state index contributed by atoms with van der Waals surface area (Å²) in [6, 6.07) is 4.86. The van der Waals surface area contributed by atoms with Crippen molar-refractivity contribution in [3.63, 3.8) is 0 Å². The van der Waals surface area contributed by atoms with Gasteiger partial charge in [-0.1, -0.05) is 0 Å². The third kappa shape index (κ3) is 5.06. The van der Waals surface area contributed by atoms with Crippen LogP contribution in [0.2, 0.25) is 0 Å². The molecule has 0 aliphatic heterocycles. The van der Waals surface area contributed by atoms with E-state index in [2.05, 4.69) is 15.9 Å². The molecule has 0 aliphatic carbocycles. The Morgan fingerprint density at radius 1 is 1.33 bits per heavy atom. The van der Waals surface area contributed by atoms with Crippen LogP contribution in [0.25, 0.3) is 0 Å². The molecule has 0 saturated heterocycles. The van der Waals surface area contributed by atoms with Crippen molar-refractivity contribution in [1.82, 2.24) is 0 Å². The van der Waals surface area contributed by atoms with Gasteiger partial charge in [-0.25, -0.2) is 4.79 Å². The van der Waals surface area contributed by atoms with Gasteiger partial charge in [-0.2, -0.15) is 0 Å². The van der Waals surface area contributed by atoms with E-state index in [0.29, 0.717) is 23.4 Å². The summed E-state index contributed by atoms with van der Waals surface area (Å²) in [5, 5.41) is 8.96. The Kier molecular flexibility index (Phi) is 5.16. The summed E-state index contributed by atoms with van der Waals surface area (Å²) < 4.78 is 11.5. The lowest BCUT2D eigenvalue weighted by Gasteiger charge is -2.19. The van der Waals surface area contributed by atoms with Crippen LogP contribution in [0.4, 0.5) is 0 Å². The summed E-state index contributed by atoms with van der Waals surface area (Å²) in [4.78, 5) is 10.9. The second-order valence-corrected chi connectivity index (χ2v) is 5.61. The minimum atomic E-state index is -0.988. The van der Waals surface area contributed by atoms with Crippen molar-refractivity contribution in [2.75, 3.05) is 13.2 Å². The molecule has 18 heavy (non-hydrogen) atoms. The molecule has 5 heteroatoms. The van der Waals surface area contributed by atoms with Crippen molar-refractivity contribution >= 4 is 21.9 Å². The highest BCUT2D eigenvalue weighted by atomic mass is 79.9. The minimum Gasteiger partial charge on any atom is -0.491 e. The number of hydrogen-bond donors (Lipinski definition) is 1. The van der Waals surface area contributed by atoms with E-state index >= 15 is 0 Å². The zero-order valence-electron chi connectivity index (χ0n) is 10.7. The standard InChI is InChI=1S/C13H17BrO4/c1-13(2,3)18-7-6-17-9-4-5-11(14)10(8-9)12(15)16/h4-5,8H,6-7H2,1-3H3,(H,15,16). The van der Waals surface area contributed by atoms with Crippen LogP contribution < -0.4 is 4.74 Å². The molecule has 0 atom stereocenters. The number of rotatable bonds is 5. The predicted octanol–water partition coefficient (Wildman–Crippen LogP) is 3.34. The van der Waals surface area contributed by atoms with Gasteiger partial charge < -0.3 is 14.6 Å². The maximum Gasteiger partial charge on any atom is 0.336 e. The third-order valence-corrected chi connectivity index (χ3v) is 2.75. The zero-order valence-corrected chi connectivity index (χ0v) is 12.3. The average molecular weight is 317 g/mol. The maximum absolute atomic E-state index is 10.9. The predicted molar refractivity (Wildman–Crippen MR) is 72.3 cm³/mol. The number of aromatic carboxylic acids is 1. The Morgan fingerprint density at radius 2 is 2.00 bits per heavy atom. The first-order valence-corrected chi connectivity index (χ1v) is 6.38. The van der Waals surface area contributed by atoms with Gasteiger partial charge in [-0.3, -0.25) is 0 Å². The summed E-state index contributed by atoms with van der Waals surface area (Å²) in [5.41, 5.74) is -0.0146. The molecule has 1 rings (SSSR count). The molecule has 4 nitrogen and oxygen atoms in total. The number of hydrogen-bond acceptors (Lipinski definition) is 3. The number of ether oxygens (including phenoxy) is 2. The summed E-state index contributed by atoms with van der Waals surface area (Å²) in [5.74, 6) is -0.466. The fourth-order valence-electron chi connectivity index (χ4n) is 1.27. The summed E-state index contributed by atoms with van der Waals surface area (Å²) >= 11 is 3.18. The van der Waals surface area contributed by atoms with Gasteiger partial charge in [-0.15, -0.1) is 0 Å². The lowest BCUT2D eigenvalue weighted by atomic mass is 10.2. The quantitative estimate of drug-likeness (QED) is 0.846. The first-order valence-electron chi connectivity index (χ1n) is 5.59. The third-order valence-electron chi connectivity index (χ3n) is 2.06. The second-order valence-electron chi connectivity index (χ2n) is 4.76. The van der Waals surface area contributed by atoms with Gasteiger partial charge >= 0.3 is 5.97 Å². The molecule has 0 radical (unpaired) electrons. The summed E-state index contributed by atoms with van der Waals surface area (Å²) in [6.07, 6.45) is 0. The molecule has 0 heterocycles. The van der Waals surface area contributed by atoms with Crippen LogP contribution >= 0.6 is 15.9 Å². The Bertz CT molecular complexity index is 423. The molecule has 0 aliphatic rings. The number of carboxylic acids is 1. The molecular weight excluding hydrogens is 300 g/mol. The molecule has 0 fully saturated rings.